The Kier molecular flexibility index (Phi) is 3.14. The van der Waals surface area contributed by atoms with Gasteiger partial charge in [0.05, 0.1) is 7.11 Å². The molecule has 1 aromatic rings. The number of rotatable bonds is 3. The van der Waals surface area contributed by atoms with E-state index in [9.17, 15) is 5.11 Å². The lowest BCUT2D eigenvalue weighted by Gasteiger charge is -2.14. The summed E-state index contributed by atoms with van der Waals surface area (Å²) in [6.07, 6.45) is 0. The highest BCUT2D eigenvalue weighted by atomic mass is 16.5. The first-order valence-electron chi connectivity index (χ1n) is 4.23. The van der Waals surface area contributed by atoms with Gasteiger partial charge in [0.2, 0.25) is 0 Å². The van der Waals surface area contributed by atoms with Gasteiger partial charge in [0.25, 0.3) is 0 Å². The SMILES string of the molecule is CNC(C)c1cc(O)ccc1OC. The van der Waals surface area contributed by atoms with Gasteiger partial charge >= 0.3 is 0 Å². The summed E-state index contributed by atoms with van der Waals surface area (Å²) in [4.78, 5) is 0. The lowest BCUT2D eigenvalue weighted by Crippen LogP contribution is -2.13. The van der Waals surface area contributed by atoms with Gasteiger partial charge < -0.3 is 15.2 Å². The molecule has 0 bridgehead atoms. The Morgan fingerprint density at radius 1 is 1.46 bits per heavy atom. The predicted molar refractivity (Wildman–Crippen MR) is 52.1 cm³/mol. The van der Waals surface area contributed by atoms with Crippen LogP contribution in [-0.4, -0.2) is 19.3 Å². The predicted octanol–water partition coefficient (Wildman–Crippen LogP) is 1.68. The Labute approximate surface area is 78.3 Å². The number of methoxy groups -OCH3 is 1. The molecule has 72 valence electrons. The van der Waals surface area contributed by atoms with Crippen LogP contribution in [0.25, 0.3) is 0 Å². The maximum atomic E-state index is 9.29. The minimum atomic E-state index is 0.169. The summed E-state index contributed by atoms with van der Waals surface area (Å²) >= 11 is 0. The van der Waals surface area contributed by atoms with E-state index in [-0.39, 0.29) is 11.8 Å². The fourth-order valence-electron chi connectivity index (χ4n) is 1.22. The summed E-state index contributed by atoms with van der Waals surface area (Å²) < 4.78 is 5.17. The Bertz CT molecular complexity index is 286. The lowest BCUT2D eigenvalue weighted by molar-refractivity contribution is 0.400. The van der Waals surface area contributed by atoms with Crippen molar-refractivity contribution in [3.63, 3.8) is 0 Å². The van der Waals surface area contributed by atoms with Gasteiger partial charge in [-0.1, -0.05) is 0 Å². The fraction of sp³-hybridized carbons (Fsp3) is 0.400. The van der Waals surface area contributed by atoms with Crippen molar-refractivity contribution in [1.29, 1.82) is 0 Å². The van der Waals surface area contributed by atoms with Crippen molar-refractivity contribution in [3.05, 3.63) is 23.8 Å². The minimum Gasteiger partial charge on any atom is -0.508 e. The summed E-state index contributed by atoms with van der Waals surface area (Å²) in [5, 5.41) is 12.4. The number of hydrogen-bond donors (Lipinski definition) is 2. The van der Waals surface area contributed by atoms with Crippen LogP contribution in [0.15, 0.2) is 18.2 Å². The van der Waals surface area contributed by atoms with E-state index in [0.29, 0.717) is 0 Å². The molecule has 0 aliphatic heterocycles. The number of nitrogens with one attached hydrogen (secondary N) is 1. The zero-order valence-electron chi connectivity index (χ0n) is 8.16. The van der Waals surface area contributed by atoms with Crippen LogP contribution in [0, 0.1) is 0 Å². The molecular formula is C10H15NO2. The van der Waals surface area contributed by atoms with Crippen LogP contribution in [0.1, 0.15) is 18.5 Å². The molecule has 1 unspecified atom stereocenters. The molecule has 0 spiro atoms. The highest BCUT2D eigenvalue weighted by Gasteiger charge is 2.09. The number of aromatic hydroxyl groups is 1. The van der Waals surface area contributed by atoms with Crippen LogP contribution >= 0.6 is 0 Å². The van der Waals surface area contributed by atoms with Gasteiger partial charge in [0, 0.05) is 11.6 Å². The van der Waals surface area contributed by atoms with Crippen LogP contribution in [-0.2, 0) is 0 Å². The highest BCUT2D eigenvalue weighted by molar-refractivity contribution is 5.41. The maximum Gasteiger partial charge on any atom is 0.123 e. The largest absolute Gasteiger partial charge is 0.508 e. The van der Waals surface area contributed by atoms with Crippen LogP contribution in [0.2, 0.25) is 0 Å². The van der Waals surface area contributed by atoms with Gasteiger partial charge in [-0.15, -0.1) is 0 Å². The van der Waals surface area contributed by atoms with E-state index in [2.05, 4.69) is 5.32 Å². The molecule has 0 saturated carbocycles. The van der Waals surface area contributed by atoms with Crippen molar-refractivity contribution in [2.75, 3.05) is 14.2 Å². The van der Waals surface area contributed by atoms with Crippen molar-refractivity contribution in [1.82, 2.24) is 5.32 Å². The Morgan fingerprint density at radius 2 is 2.15 bits per heavy atom. The second-order valence-electron chi connectivity index (χ2n) is 2.94. The molecule has 0 aliphatic carbocycles. The standard InChI is InChI=1S/C10H15NO2/c1-7(11-2)9-6-8(12)4-5-10(9)13-3/h4-7,11-12H,1-3H3. The third-order valence-electron chi connectivity index (χ3n) is 2.11. The summed E-state index contributed by atoms with van der Waals surface area (Å²) in [5.74, 6) is 1.05. The van der Waals surface area contributed by atoms with Crippen molar-refractivity contribution < 1.29 is 9.84 Å². The van der Waals surface area contributed by atoms with E-state index < -0.39 is 0 Å². The van der Waals surface area contributed by atoms with E-state index in [4.69, 9.17) is 4.74 Å². The van der Waals surface area contributed by atoms with Gasteiger partial charge in [0.15, 0.2) is 0 Å². The van der Waals surface area contributed by atoms with Gasteiger partial charge in [-0.05, 0) is 32.2 Å². The first-order chi connectivity index (χ1) is 6.19. The zero-order chi connectivity index (χ0) is 9.84. The molecule has 0 saturated heterocycles. The second kappa shape index (κ2) is 4.14. The smallest absolute Gasteiger partial charge is 0.123 e. The molecule has 0 aliphatic rings. The van der Waals surface area contributed by atoms with Crippen molar-refractivity contribution in [2.45, 2.75) is 13.0 Å². The molecule has 1 aromatic carbocycles. The molecule has 2 N–H and O–H groups in total. The van der Waals surface area contributed by atoms with Crippen LogP contribution in [0.4, 0.5) is 0 Å². The fourth-order valence-corrected chi connectivity index (χ4v) is 1.22. The van der Waals surface area contributed by atoms with Crippen molar-refractivity contribution in [3.8, 4) is 11.5 Å². The zero-order valence-corrected chi connectivity index (χ0v) is 8.16. The molecule has 0 radical (unpaired) electrons. The molecule has 13 heavy (non-hydrogen) atoms. The summed E-state index contributed by atoms with van der Waals surface area (Å²) in [7, 11) is 3.49. The van der Waals surface area contributed by atoms with E-state index in [0.717, 1.165) is 11.3 Å². The minimum absolute atomic E-state index is 0.169. The van der Waals surface area contributed by atoms with Gasteiger partial charge in [-0.2, -0.15) is 0 Å². The van der Waals surface area contributed by atoms with Crippen LogP contribution in [0.5, 0.6) is 11.5 Å². The number of phenolic OH excluding ortho intramolecular Hbond substituents is 1. The van der Waals surface area contributed by atoms with E-state index >= 15 is 0 Å². The summed E-state index contributed by atoms with van der Waals surface area (Å²) in [6, 6.07) is 5.26. The second-order valence-corrected chi connectivity index (χ2v) is 2.94. The Morgan fingerprint density at radius 3 is 2.69 bits per heavy atom. The van der Waals surface area contributed by atoms with E-state index in [1.807, 2.05) is 14.0 Å². The Hall–Kier alpha value is -1.22. The number of phenols is 1. The lowest BCUT2D eigenvalue weighted by atomic mass is 10.1. The third kappa shape index (κ3) is 2.12. The average molecular weight is 181 g/mol. The topological polar surface area (TPSA) is 41.5 Å². The average Bonchev–Trinajstić information content (AvgIpc) is 2.16. The molecule has 0 fully saturated rings. The molecular weight excluding hydrogens is 166 g/mol. The van der Waals surface area contributed by atoms with Crippen molar-refractivity contribution in [2.24, 2.45) is 0 Å². The molecule has 1 rings (SSSR count). The van der Waals surface area contributed by atoms with E-state index in [1.165, 1.54) is 0 Å². The van der Waals surface area contributed by atoms with Crippen molar-refractivity contribution >= 4 is 0 Å². The molecule has 1 atom stereocenters. The molecule has 0 heterocycles. The molecule has 3 heteroatoms. The quantitative estimate of drug-likeness (QED) is 0.745. The normalized spacial score (nSPS) is 12.5. The van der Waals surface area contributed by atoms with Crippen LogP contribution in [0.3, 0.4) is 0 Å². The number of hydrogen-bond acceptors (Lipinski definition) is 3. The van der Waals surface area contributed by atoms with Gasteiger partial charge in [-0.3, -0.25) is 0 Å². The van der Waals surface area contributed by atoms with Crippen LogP contribution < -0.4 is 10.1 Å². The summed E-state index contributed by atoms with van der Waals surface area (Å²) in [6.45, 7) is 2.01. The summed E-state index contributed by atoms with van der Waals surface area (Å²) in [5.41, 5.74) is 0.963. The molecule has 0 amide bonds. The molecule has 3 nitrogen and oxygen atoms in total. The van der Waals surface area contributed by atoms with Gasteiger partial charge in [-0.25, -0.2) is 0 Å². The Balaban J connectivity index is 3.07. The first kappa shape index (κ1) is 9.86. The third-order valence-corrected chi connectivity index (χ3v) is 2.11. The first-order valence-corrected chi connectivity index (χ1v) is 4.23. The van der Waals surface area contributed by atoms with Gasteiger partial charge in [0.1, 0.15) is 11.5 Å². The number of ether oxygens (including phenoxy) is 1. The van der Waals surface area contributed by atoms with E-state index in [1.54, 1.807) is 25.3 Å². The maximum absolute atomic E-state index is 9.29. The highest BCUT2D eigenvalue weighted by Crippen LogP contribution is 2.28. The molecule has 0 aromatic heterocycles. The monoisotopic (exact) mass is 181 g/mol. The number of benzene rings is 1.